The van der Waals surface area contributed by atoms with Gasteiger partial charge in [0.1, 0.15) is 12.1 Å². The van der Waals surface area contributed by atoms with Crippen LogP contribution in [0.4, 0.5) is 0 Å². The van der Waals surface area contributed by atoms with E-state index in [1.807, 2.05) is 62.7 Å². The molecule has 1 saturated heterocycles. The van der Waals surface area contributed by atoms with Crippen LogP contribution in [0.15, 0.2) is 52.4 Å². The van der Waals surface area contributed by atoms with Crippen LogP contribution < -0.4 is 5.32 Å². The van der Waals surface area contributed by atoms with Crippen LogP contribution in [0.25, 0.3) is 10.4 Å². The summed E-state index contributed by atoms with van der Waals surface area (Å²) in [6.07, 6.45) is -0.654. The van der Waals surface area contributed by atoms with Crippen LogP contribution in [-0.2, 0) is 22.7 Å². The van der Waals surface area contributed by atoms with Gasteiger partial charge in [0.15, 0.2) is 0 Å². The van der Waals surface area contributed by atoms with E-state index >= 15 is 0 Å². The summed E-state index contributed by atoms with van der Waals surface area (Å²) in [5.41, 5.74) is 6.22. The van der Waals surface area contributed by atoms with E-state index in [1.165, 1.54) is 4.90 Å². The summed E-state index contributed by atoms with van der Waals surface area (Å²) in [4.78, 5) is 48.8. The largest absolute Gasteiger partial charge is 0.391 e. The van der Waals surface area contributed by atoms with E-state index in [9.17, 15) is 19.5 Å². The fourth-order valence-electron chi connectivity index (χ4n) is 5.47. The number of hydrogen-bond donors (Lipinski definition) is 2. The number of likely N-dealkylation sites (tertiary alicyclic amines) is 1. The van der Waals surface area contributed by atoms with Crippen molar-refractivity contribution in [1.29, 1.82) is 0 Å². The van der Waals surface area contributed by atoms with Crippen molar-refractivity contribution >= 4 is 45.0 Å². The van der Waals surface area contributed by atoms with Crippen LogP contribution in [-0.4, -0.2) is 62.3 Å². The highest BCUT2D eigenvalue weighted by Gasteiger charge is 2.45. The molecule has 2 aliphatic rings. The van der Waals surface area contributed by atoms with Gasteiger partial charge in [-0.2, -0.15) is 0 Å². The maximum absolute atomic E-state index is 13.9. The Morgan fingerprint density at radius 3 is 2.67 bits per heavy atom. The molecule has 3 aromatic rings. The molecule has 1 aromatic heterocycles. The molecular formula is C29H31BrN4O4S. The fourth-order valence-corrected chi connectivity index (χ4v) is 6.79. The zero-order chi connectivity index (χ0) is 27.8. The van der Waals surface area contributed by atoms with Gasteiger partial charge in [0.25, 0.3) is 5.91 Å². The van der Waals surface area contributed by atoms with Gasteiger partial charge in [-0.15, -0.1) is 11.3 Å². The van der Waals surface area contributed by atoms with Gasteiger partial charge >= 0.3 is 0 Å². The molecule has 1 fully saturated rings. The summed E-state index contributed by atoms with van der Waals surface area (Å²) in [7, 11) is 0. The summed E-state index contributed by atoms with van der Waals surface area (Å²) in [5.74, 6) is -0.991. The molecule has 3 atom stereocenters. The number of carbonyl (C=O) groups is 3. The van der Waals surface area contributed by atoms with E-state index in [0.717, 1.165) is 31.7 Å². The van der Waals surface area contributed by atoms with Gasteiger partial charge in [-0.1, -0.05) is 60.1 Å². The third-order valence-corrected chi connectivity index (χ3v) is 9.16. The van der Waals surface area contributed by atoms with Crippen molar-refractivity contribution in [3.8, 4) is 10.4 Å². The number of β-amino-alcohol motifs (C(OH)–C–C–N with tert-alkyl or cyclic N) is 1. The first-order chi connectivity index (χ1) is 18.7. The summed E-state index contributed by atoms with van der Waals surface area (Å²) in [6, 6.07) is 11.8. The smallest absolute Gasteiger partial charge is 0.255 e. The number of carbonyl (C=O) groups excluding carboxylic acids is 3. The predicted molar refractivity (Wildman–Crippen MR) is 153 cm³/mol. The molecule has 5 rings (SSSR count). The van der Waals surface area contributed by atoms with Gasteiger partial charge in [-0.05, 0) is 41.7 Å². The number of nitrogens with zero attached hydrogens (tertiary/aromatic N) is 3. The zero-order valence-electron chi connectivity index (χ0n) is 22.1. The monoisotopic (exact) mass is 610 g/mol. The third kappa shape index (κ3) is 5.37. The Hall–Kier alpha value is -3.08. The fraction of sp³-hybridized carbons (Fsp3) is 0.379. The second-order valence-corrected chi connectivity index (χ2v) is 12.2. The minimum atomic E-state index is -0.813. The van der Waals surface area contributed by atoms with E-state index in [2.05, 4.69) is 26.2 Å². The van der Waals surface area contributed by atoms with Crippen molar-refractivity contribution in [2.24, 2.45) is 5.92 Å². The molecule has 39 heavy (non-hydrogen) atoms. The van der Waals surface area contributed by atoms with Gasteiger partial charge in [-0.25, -0.2) is 4.98 Å². The van der Waals surface area contributed by atoms with Crippen molar-refractivity contribution in [1.82, 2.24) is 20.1 Å². The van der Waals surface area contributed by atoms with Crippen LogP contribution in [0.1, 0.15) is 47.4 Å². The predicted octanol–water partition coefficient (Wildman–Crippen LogP) is 4.14. The molecule has 0 unspecified atom stereocenters. The molecule has 2 aliphatic heterocycles. The van der Waals surface area contributed by atoms with Crippen molar-refractivity contribution in [3.05, 3.63) is 74.8 Å². The molecule has 8 nitrogen and oxygen atoms in total. The number of benzene rings is 2. The van der Waals surface area contributed by atoms with Crippen molar-refractivity contribution in [3.63, 3.8) is 0 Å². The first-order valence-corrected chi connectivity index (χ1v) is 14.7. The van der Waals surface area contributed by atoms with Crippen LogP contribution in [0.5, 0.6) is 0 Å². The normalized spacial score (nSPS) is 19.5. The van der Waals surface area contributed by atoms with Crippen LogP contribution >= 0.6 is 27.3 Å². The van der Waals surface area contributed by atoms with Crippen molar-refractivity contribution in [2.75, 3.05) is 6.54 Å². The second-order valence-electron chi connectivity index (χ2n) is 10.5. The Bertz CT molecular complexity index is 1420. The number of aliphatic hydroxyl groups excluding tert-OH is 1. The third-order valence-electron chi connectivity index (χ3n) is 7.45. The topological polar surface area (TPSA) is 103 Å². The van der Waals surface area contributed by atoms with E-state index in [4.69, 9.17) is 0 Å². The van der Waals surface area contributed by atoms with E-state index in [1.54, 1.807) is 22.3 Å². The van der Waals surface area contributed by atoms with Gasteiger partial charge in [0.2, 0.25) is 11.8 Å². The number of aliphatic hydroxyl groups is 1. The highest BCUT2D eigenvalue weighted by atomic mass is 79.9. The molecular weight excluding hydrogens is 580 g/mol. The molecule has 0 radical (unpaired) electrons. The lowest BCUT2D eigenvalue weighted by Crippen LogP contribution is -2.55. The Labute approximate surface area is 240 Å². The minimum absolute atomic E-state index is 0.0573. The summed E-state index contributed by atoms with van der Waals surface area (Å²) in [5, 5.41) is 13.4. The number of fused-ring (bicyclic) bond motifs is 1. The van der Waals surface area contributed by atoms with Gasteiger partial charge < -0.3 is 20.2 Å². The van der Waals surface area contributed by atoms with E-state index in [0.29, 0.717) is 12.1 Å². The molecule has 2 N–H and O–H groups in total. The minimum Gasteiger partial charge on any atom is -0.391 e. The lowest BCUT2D eigenvalue weighted by molar-refractivity contribution is -0.143. The molecule has 0 saturated carbocycles. The first-order valence-electron chi connectivity index (χ1n) is 13.0. The molecule has 0 aliphatic carbocycles. The van der Waals surface area contributed by atoms with Crippen molar-refractivity contribution in [2.45, 2.75) is 58.5 Å². The number of amides is 3. The van der Waals surface area contributed by atoms with Crippen LogP contribution in [0.2, 0.25) is 0 Å². The number of halogens is 1. The lowest BCUT2D eigenvalue weighted by Gasteiger charge is -2.35. The highest BCUT2D eigenvalue weighted by molar-refractivity contribution is 9.10. The summed E-state index contributed by atoms with van der Waals surface area (Å²) < 4.78 is 0.861. The van der Waals surface area contributed by atoms with Gasteiger partial charge in [0, 0.05) is 36.1 Å². The maximum Gasteiger partial charge on any atom is 0.255 e. The number of hydrogen-bond acceptors (Lipinski definition) is 6. The quantitative estimate of drug-likeness (QED) is 0.418. The molecule has 10 heteroatoms. The Kier molecular flexibility index (Phi) is 7.89. The van der Waals surface area contributed by atoms with Crippen LogP contribution in [0, 0.1) is 12.8 Å². The SMILES string of the molecule is Cc1ncsc1-c1ccc(CNC(=O)[C@@H]2C[C@@H](O)CN2C(=O)[C@H](C(C)C)N2Cc3ccccc3C2=O)c(Br)c1. The van der Waals surface area contributed by atoms with Crippen LogP contribution in [0.3, 0.4) is 0 Å². The van der Waals surface area contributed by atoms with Gasteiger partial charge in [-0.3, -0.25) is 14.4 Å². The number of thiazole rings is 1. The molecule has 3 heterocycles. The molecule has 2 aromatic carbocycles. The number of aromatic nitrogens is 1. The maximum atomic E-state index is 13.9. The average molecular weight is 612 g/mol. The standard InChI is InChI=1S/C29H31BrN4O4S/c1-16(2)25(34-13-20-6-4-5-7-22(20)28(34)37)29(38)33-14-21(35)11-24(33)27(36)31-12-19-9-8-18(10-23(19)30)26-17(3)32-15-39-26/h4-10,15-16,21,24-25,35H,11-14H2,1-3H3,(H,31,36)/t21-,24+,25+/m1/s1. The Morgan fingerprint density at radius 1 is 1.23 bits per heavy atom. The molecule has 0 bridgehead atoms. The van der Waals surface area contributed by atoms with Gasteiger partial charge in [0.05, 0.1) is 22.2 Å². The number of rotatable bonds is 7. The Balaban J connectivity index is 1.29. The molecule has 204 valence electrons. The van der Waals surface area contributed by atoms with Crippen molar-refractivity contribution < 1.29 is 19.5 Å². The van der Waals surface area contributed by atoms with E-state index < -0.39 is 18.2 Å². The first kappa shape index (κ1) is 27.5. The Morgan fingerprint density at radius 2 is 2.00 bits per heavy atom. The summed E-state index contributed by atoms with van der Waals surface area (Å²) in [6.45, 7) is 6.44. The zero-order valence-corrected chi connectivity index (χ0v) is 24.5. The molecule has 0 spiro atoms. The second kappa shape index (κ2) is 11.2. The lowest BCUT2D eigenvalue weighted by atomic mass is 10.0. The number of nitrogens with one attached hydrogen (secondary N) is 1. The molecule has 3 amide bonds. The summed E-state index contributed by atoms with van der Waals surface area (Å²) >= 11 is 5.20. The highest BCUT2D eigenvalue weighted by Crippen LogP contribution is 2.32. The average Bonchev–Trinajstić information content (AvgIpc) is 3.60. The van der Waals surface area contributed by atoms with E-state index in [-0.39, 0.29) is 43.1 Å². The number of aryl methyl sites for hydroxylation is 1.